The molecule has 0 aromatic heterocycles. The first-order valence-corrected chi connectivity index (χ1v) is 3.32. The molecular weight excluding hydrogens is 118 g/mol. The van der Waals surface area contributed by atoms with Gasteiger partial charge in [-0.05, 0) is 12.8 Å². The van der Waals surface area contributed by atoms with Crippen LogP contribution in [0.2, 0.25) is 0 Å². The normalized spacial score (nSPS) is 32.7. The first kappa shape index (κ1) is 5.09. The van der Waals surface area contributed by atoms with Gasteiger partial charge in [0, 0.05) is 6.54 Å². The largest absolute Gasteiger partial charge is 0.444 e. The standard InChI is InChI=1S/C6H9NO2/c8-6-7-3-1-2-5(4-7)9-6/h5H,1-4H2/t5-/m0/s1. The van der Waals surface area contributed by atoms with E-state index in [1.54, 1.807) is 4.90 Å². The average molecular weight is 127 g/mol. The smallest absolute Gasteiger partial charge is 0.410 e. The number of ether oxygens (including phenoxy) is 1. The van der Waals surface area contributed by atoms with Crippen LogP contribution in [0.25, 0.3) is 0 Å². The highest BCUT2D eigenvalue weighted by Gasteiger charge is 2.33. The highest BCUT2D eigenvalue weighted by atomic mass is 16.6. The quantitative estimate of drug-likeness (QED) is 0.477. The molecule has 0 spiro atoms. The number of piperidine rings is 1. The van der Waals surface area contributed by atoms with Crippen LogP contribution in [-0.4, -0.2) is 30.2 Å². The summed E-state index contributed by atoms with van der Waals surface area (Å²) in [5.74, 6) is 0. The molecule has 2 aliphatic rings. The maximum Gasteiger partial charge on any atom is 0.410 e. The molecule has 0 radical (unpaired) electrons. The zero-order valence-electron chi connectivity index (χ0n) is 5.17. The third kappa shape index (κ3) is 0.677. The maximum absolute atomic E-state index is 10.8. The number of nitrogens with zero attached hydrogens (tertiary/aromatic N) is 1. The zero-order chi connectivity index (χ0) is 6.27. The zero-order valence-corrected chi connectivity index (χ0v) is 5.17. The summed E-state index contributed by atoms with van der Waals surface area (Å²) in [7, 11) is 0. The van der Waals surface area contributed by atoms with Gasteiger partial charge in [-0.2, -0.15) is 0 Å². The summed E-state index contributed by atoms with van der Waals surface area (Å²) in [6.45, 7) is 1.73. The summed E-state index contributed by atoms with van der Waals surface area (Å²) in [5, 5.41) is 0. The monoisotopic (exact) mass is 127 g/mol. The van der Waals surface area contributed by atoms with E-state index in [1.165, 1.54) is 0 Å². The van der Waals surface area contributed by atoms with Crippen LogP contribution < -0.4 is 0 Å². The number of rotatable bonds is 0. The van der Waals surface area contributed by atoms with Crippen LogP contribution in [0.3, 0.4) is 0 Å². The lowest BCUT2D eigenvalue weighted by Gasteiger charge is -2.16. The predicted octanol–water partition coefficient (Wildman–Crippen LogP) is 0.601. The Morgan fingerprint density at radius 1 is 1.67 bits per heavy atom. The van der Waals surface area contributed by atoms with Gasteiger partial charge >= 0.3 is 6.09 Å². The molecule has 0 aromatic carbocycles. The van der Waals surface area contributed by atoms with Crippen LogP contribution in [-0.2, 0) is 4.74 Å². The van der Waals surface area contributed by atoms with Gasteiger partial charge in [0.15, 0.2) is 0 Å². The van der Waals surface area contributed by atoms with Crippen LogP contribution in [0.1, 0.15) is 12.8 Å². The molecule has 2 fully saturated rings. The molecule has 2 heterocycles. The Hall–Kier alpha value is -0.730. The number of fused-ring (bicyclic) bond motifs is 2. The van der Waals surface area contributed by atoms with Crippen LogP contribution in [0.4, 0.5) is 4.79 Å². The second kappa shape index (κ2) is 1.62. The summed E-state index contributed by atoms with van der Waals surface area (Å²) >= 11 is 0. The van der Waals surface area contributed by atoms with E-state index in [1.807, 2.05) is 0 Å². The molecule has 1 atom stereocenters. The minimum Gasteiger partial charge on any atom is -0.444 e. The molecule has 2 rings (SSSR count). The van der Waals surface area contributed by atoms with Gasteiger partial charge in [-0.3, -0.25) is 0 Å². The van der Waals surface area contributed by atoms with E-state index in [-0.39, 0.29) is 12.2 Å². The van der Waals surface area contributed by atoms with Crippen molar-refractivity contribution in [1.82, 2.24) is 4.90 Å². The number of carbonyl (C=O) groups excluding carboxylic acids is 1. The van der Waals surface area contributed by atoms with Gasteiger partial charge in [0.25, 0.3) is 0 Å². The van der Waals surface area contributed by atoms with Gasteiger partial charge in [-0.1, -0.05) is 0 Å². The number of hydrogen-bond donors (Lipinski definition) is 0. The molecular formula is C6H9NO2. The summed E-state index contributed by atoms with van der Waals surface area (Å²) in [6, 6.07) is 0. The Morgan fingerprint density at radius 2 is 2.56 bits per heavy atom. The van der Waals surface area contributed by atoms with Crippen LogP contribution in [0, 0.1) is 0 Å². The van der Waals surface area contributed by atoms with Crippen molar-refractivity contribution in [1.29, 1.82) is 0 Å². The Labute approximate surface area is 53.6 Å². The molecule has 2 bridgehead atoms. The van der Waals surface area contributed by atoms with Crippen molar-refractivity contribution in [2.75, 3.05) is 13.1 Å². The third-order valence-corrected chi connectivity index (χ3v) is 1.90. The van der Waals surface area contributed by atoms with Crippen molar-refractivity contribution in [2.45, 2.75) is 18.9 Å². The molecule has 50 valence electrons. The number of amides is 1. The molecule has 0 saturated carbocycles. The van der Waals surface area contributed by atoms with Crippen molar-refractivity contribution < 1.29 is 9.53 Å². The second-order valence-electron chi connectivity index (χ2n) is 2.59. The first-order valence-electron chi connectivity index (χ1n) is 3.32. The topological polar surface area (TPSA) is 29.5 Å². The summed E-state index contributed by atoms with van der Waals surface area (Å²) < 4.78 is 4.97. The van der Waals surface area contributed by atoms with Crippen molar-refractivity contribution in [3.05, 3.63) is 0 Å². The van der Waals surface area contributed by atoms with Crippen LogP contribution in [0.15, 0.2) is 0 Å². The second-order valence-corrected chi connectivity index (χ2v) is 2.59. The highest BCUT2D eigenvalue weighted by Crippen LogP contribution is 2.20. The molecule has 3 heteroatoms. The predicted molar refractivity (Wildman–Crippen MR) is 31.1 cm³/mol. The lowest BCUT2D eigenvalue weighted by molar-refractivity contribution is 0.137. The van der Waals surface area contributed by atoms with Crippen LogP contribution >= 0.6 is 0 Å². The van der Waals surface area contributed by atoms with E-state index in [4.69, 9.17) is 4.74 Å². The molecule has 2 aliphatic heterocycles. The minimum atomic E-state index is -0.113. The molecule has 0 aromatic rings. The van der Waals surface area contributed by atoms with E-state index in [0.29, 0.717) is 0 Å². The van der Waals surface area contributed by atoms with E-state index >= 15 is 0 Å². The highest BCUT2D eigenvalue weighted by molar-refractivity contribution is 5.70. The number of carbonyl (C=O) groups is 1. The van der Waals surface area contributed by atoms with Crippen molar-refractivity contribution in [2.24, 2.45) is 0 Å². The Balaban J connectivity index is 2.15. The maximum atomic E-state index is 10.8. The molecule has 3 nitrogen and oxygen atoms in total. The first-order chi connectivity index (χ1) is 4.36. The van der Waals surface area contributed by atoms with E-state index in [2.05, 4.69) is 0 Å². The average Bonchev–Trinajstić information content (AvgIpc) is 2.09. The van der Waals surface area contributed by atoms with Gasteiger partial charge in [-0.25, -0.2) is 4.79 Å². The van der Waals surface area contributed by atoms with E-state index < -0.39 is 0 Å². The number of hydrogen-bond acceptors (Lipinski definition) is 2. The SMILES string of the molecule is O=C1O[C@H]2CCCN1C2. The minimum absolute atomic E-state index is 0.113. The van der Waals surface area contributed by atoms with Crippen molar-refractivity contribution in [3.63, 3.8) is 0 Å². The molecule has 0 aliphatic carbocycles. The van der Waals surface area contributed by atoms with Crippen LogP contribution in [0.5, 0.6) is 0 Å². The lowest BCUT2D eigenvalue weighted by atomic mass is 10.1. The van der Waals surface area contributed by atoms with Crippen molar-refractivity contribution in [3.8, 4) is 0 Å². The van der Waals surface area contributed by atoms with Gasteiger partial charge < -0.3 is 9.64 Å². The summed E-state index contributed by atoms with van der Waals surface area (Å²) in [5.41, 5.74) is 0. The van der Waals surface area contributed by atoms with Crippen molar-refractivity contribution >= 4 is 6.09 Å². The summed E-state index contributed by atoms with van der Waals surface area (Å²) in [6.07, 6.45) is 2.27. The molecule has 2 saturated heterocycles. The fourth-order valence-electron chi connectivity index (χ4n) is 1.42. The Morgan fingerprint density at radius 3 is 3.22 bits per heavy atom. The van der Waals surface area contributed by atoms with Gasteiger partial charge in [0.1, 0.15) is 6.10 Å². The van der Waals surface area contributed by atoms with Gasteiger partial charge in [0.2, 0.25) is 0 Å². The molecule has 9 heavy (non-hydrogen) atoms. The van der Waals surface area contributed by atoms with E-state index in [0.717, 1.165) is 25.9 Å². The molecule has 0 N–H and O–H groups in total. The Bertz CT molecular complexity index is 146. The Kier molecular flexibility index (Phi) is 0.917. The summed E-state index contributed by atoms with van der Waals surface area (Å²) in [4.78, 5) is 12.5. The fourth-order valence-corrected chi connectivity index (χ4v) is 1.42. The fraction of sp³-hybridized carbons (Fsp3) is 0.833. The third-order valence-electron chi connectivity index (χ3n) is 1.90. The lowest BCUT2D eigenvalue weighted by Crippen LogP contribution is -2.30. The van der Waals surface area contributed by atoms with E-state index in [9.17, 15) is 4.79 Å². The van der Waals surface area contributed by atoms with Gasteiger partial charge in [-0.15, -0.1) is 0 Å². The van der Waals surface area contributed by atoms with Gasteiger partial charge in [0.05, 0.1) is 6.54 Å². The molecule has 1 amide bonds. The molecule has 0 unspecified atom stereocenters.